The van der Waals surface area contributed by atoms with E-state index in [0.717, 1.165) is 5.92 Å². The second kappa shape index (κ2) is 6.72. The van der Waals surface area contributed by atoms with Gasteiger partial charge in [0.15, 0.2) is 0 Å². The van der Waals surface area contributed by atoms with Gasteiger partial charge in [-0.2, -0.15) is 0 Å². The number of nitrogens with one attached hydrogen (secondary N) is 1. The van der Waals surface area contributed by atoms with E-state index in [-0.39, 0.29) is 0 Å². The average molecular weight is 310 g/mol. The van der Waals surface area contributed by atoms with E-state index in [1.807, 2.05) is 0 Å². The zero-order valence-corrected chi connectivity index (χ0v) is 13.0. The van der Waals surface area contributed by atoms with Crippen LogP contribution in [0.3, 0.4) is 0 Å². The number of benzene rings is 1. The zero-order valence-electron chi connectivity index (χ0n) is 11.5. The van der Waals surface area contributed by atoms with Gasteiger partial charge in [0.25, 0.3) is 0 Å². The molecule has 1 aliphatic carbocycles. The van der Waals surface area contributed by atoms with Gasteiger partial charge in [-0.05, 0) is 49.8 Å². The van der Waals surface area contributed by atoms with Crippen molar-refractivity contribution in [3.8, 4) is 0 Å². The smallest absolute Gasteiger partial charge is 0.0294 e. The van der Waals surface area contributed by atoms with E-state index < -0.39 is 0 Å². The van der Waals surface area contributed by atoms with Gasteiger partial charge >= 0.3 is 0 Å². The molecule has 0 heterocycles. The third-order valence-electron chi connectivity index (χ3n) is 4.09. The van der Waals surface area contributed by atoms with Crippen LogP contribution in [-0.4, -0.2) is 6.04 Å². The maximum Gasteiger partial charge on any atom is 0.0294 e. The summed E-state index contributed by atoms with van der Waals surface area (Å²) in [6.45, 7) is 4.66. The molecule has 0 radical (unpaired) electrons. The fourth-order valence-electron chi connectivity index (χ4n) is 2.88. The first-order valence-electron chi connectivity index (χ1n) is 7.16. The fourth-order valence-corrected chi connectivity index (χ4v) is 3.30. The monoisotopic (exact) mass is 309 g/mol. The predicted octanol–water partition coefficient (Wildman–Crippen LogP) is 5.07. The molecule has 0 saturated heterocycles. The Morgan fingerprint density at radius 2 is 2.06 bits per heavy atom. The van der Waals surface area contributed by atoms with E-state index in [2.05, 4.69) is 59.4 Å². The maximum atomic E-state index is 3.80. The summed E-state index contributed by atoms with van der Waals surface area (Å²) in [5.74, 6) is 0.915. The molecular formula is C16H24BrN. The number of halogens is 1. The van der Waals surface area contributed by atoms with Gasteiger partial charge in [-0.15, -0.1) is 0 Å². The second-order valence-electron chi connectivity index (χ2n) is 5.75. The third-order valence-corrected chi connectivity index (χ3v) is 4.59. The van der Waals surface area contributed by atoms with Crippen molar-refractivity contribution in [2.45, 2.75) is 58.0 Å². The summed E-state index contributed by atoms with van der Waals surface area (Å²) < 4.78 is 1.17. The number of hydrogen-bond acceptors (Lipinski definition) is 1. The first-order valence-corrected chi connectivity index (χ1v) is 7.96. The lowest BCUT2D eigenvalue weighted by atomic mass is 10.0. The molecule has 3 atom stereocenters. The van der Waals surface area contributed by atoms with Gasteiger partial charge in [0.1, 0.15) is 0 Å². The molecule has 2 unspecified atom stereocenters. The van der Waals surface area contributed by atoms with E-state index in [1.54, 1.807) is 0 Å². The van der Waals surface area contributed by atoms with Gasteiger partial charge in [-0.1, -0.05) is 47.8 Å². The first-order chi connectivity index (χ1) is 8.65. The molecule has 1 fully saturated rings. The molecule has 0 aliphatic heterocycles. The predicted molar refractivity (Wildman–Crippen MR) is 81.7 cm³/mol. The lowest BCUT2D eigenvalue weighted by Gasteiger charge is -2.22. The number of hydrogen-bond donors (Lipinski definition) is 1. The normalized spacial score (nSPS) is 26.6. The van der Waals surface area contributed by atoms with Crippen LogP contribution in [0.2, 0.25) is 0 Å². The van der Waals surface area contributed by atoms with Crippen LogP contribution in [0.25, 0.3) is 0 Å². The molecular weight excluding hydrogens is 286 g/mol. The van der Waals surface area contributed by atoms with Crippen LogP contribution in [0.15, 0.2) is 28.7 Å². The van der Waals surface area contributed by atoms with E-state index in [0.29, 0.717) is 12.1 Å². The van der Waals surface area contributed by atoms with Crippen molar-refractivity contribution in [1.82, 2.24) is 5.32 Å². The largest absolute Gasteiger partial charge is 0.307 e. The summed E-state index contributed by atoms with van der Waals surface area (Å²) in [5.41, 5.74) is 1.38. The SMILES string of the molecule is CC1CCCC(N[C@H](C)c2cccc(Br)c2)CC1. The lowest BCUT2D eigenvalue weighted by molar-refractivity contribution is 0.408. The van der Waals surface area contributed by atoms with Crippen LogP contribution in [-0.2, 0) is 0 Å². The minimum absolute atomic E-state index is 0.445. The quantitative estimate of drug-likeness (QED) is 0.769. The Labute approximate surface area is 119 Å². The molecule has 18 heavy (non-hydrogen) atoms. The molecule has 0 amide bonds. The van der Waals surface area contributed by atoms with Gasteiger partial charge in [-0.3, -0.25) is 0 Å². The summed E-state index contributed by atoms with van der Waals surface area (Å²) in [4.78, 5) is 0. The van der Waals surface area contributed by atoms with Crippen molar-refractivity contribution in [2.24, 2.45) is 5.92 Å². The highest BCUT2D eigenvalue weighted by atomic mass is 79.9. The van der Waals surface area contributed by atoms with E-state index in [4.69, 9.17) is 0 Å². The Hall–Kier alpha value is -0.340. The van der Waals surface area contributed by atoms with Crippen LogP contribution < -0.4 is 5.32 Å². The molecule has 0 bridgehead atoms. The molecule has 0 aromatic heterocycles. The minimum atomic E-state index is 0.445. The highest BCUT2D eigenvalue weighted by Crippen LogP contribution is 2.25. The maximum absolute atomic E-state index is 3.80. The first kappa shape index (κ1) is 14.1. The average Bonchev–Trinajstić information content (AvgIpc) is 2.54. The Balaban J connectivity index is 1.92. The summed E-state index contributed by atoms with van der Waals surface area (Å²) in [6, 6.07) is 9.78. The van der Waals surface area contributed by atoms with Crippen LogP contribution in [0.5, 0.6) is 0 Å². The Kier molecular flexibility index (Phi) is 5.25. The Morgan fingerprint density at radius 1 is 1.22 bits per heavy atom. The highest BCUT2D eigenvalue weighted by molar-refractivity contribution is 9.10. The molecule has 2 heteroatoms. The summed E-state index contributed by atoms with van der Waals surface area (Å²) in [7, 11) is 0. The third kappa shape index (κ3) is 4.10. The van der Waals surface area contributed by atoms with Crippen LogP contribution in [0.4, 0.5) is 0 Å². The van der Waals surface area contributed by atoms with Gasteiger partial charge < -0.3 is 5.32 Å². The summed E-state index contributed by atoms with van der Waals surface area (Å²) >= 11 is 3.55. The van der Waals surface area contributed by atoms with Crippen LogP contribution >= 0.6 is 15.9 Å². The molecule has 1 nitrogen and oxygen atoms in total. The van der Waals surface area contributed by atoms with Crippen molar-refractivity contribution >= 4 is 15.9 Å². The zero-order chi connectivity index (χ0) is 13.0. The summed E-state index contributed by atoms with van der Waals surface area (Å²) in [6.07, 6.45) is 6.83. The van der Waals surface area contributed by atoms with Crippen LogP contribution in [0, 0.1) is 5.92 Å². The van der Waals surface area contributed by atoms with Crippen LogP contribution in [0.1, 0.15) is 57.6 Å². The lowest BCUT2D eigenvalue weighted by Crippen LogP contribution is -2.31. The van der Waals surface area contributed by atoms with Crippen molar-refractivity contribution in [3.63, 3.8) is 0 Å². The van der Waals surface area contributed by atoms with E-state index in [1.165, 1.54) is 42.1 Å². The molecule has 0 spiro atoms. The minimum Gasteiger partial charge on any atom is -0.307 e. The molecule has 1 saturated carbocycles. The van der Waals surface area contributed by atoms with E-state index >= 15 is 0 Å². The standard InChI is InChI=1S/C16H24BrN/c1-12-5-3-8-16(10-9-12)18-13(2)14-6-4-7-15(17)11-14/h4,6-7,11-13,16,18H,3,5,8-10H2,1-2H3/t12?,13-,16?/m1/s1. The Morgan fingerprint density at radius 3 is 2.83 bits per heavy atom. The van der Waals surface area contributed by atoms with Gasteiger partial charge in [0, 0.05) is 16.6 Å². The number of rotatable bonds is 3. The molecule has 1 aromatic rings. The van der Waals surface area contributed by atoms with Crippen molar-refractivity contribution in [3.05, 3.63) is 34.3 Å². The topological polar surface area (TPSA) is 12.0 Å². The van der Waals surface area contributed by atoms with Crippen molar-refractivity contribution in [2.75, 3.05) is 0 Å². The Bertz CT molecular complexity index is 377. The molecule has 100 valence electrons. The fraction of sp³-hybridized carbons (Fsp3) is 0.625. The molecule has 1 aromatic carbocycles. The second-order valence-corrected chi connectivity index (χ2v) is 6.67. The van der Waals surface area contributed by atoms with Gasteiger partial charge in [0.05, 0.1) is 0 Å². The summed E-state index contributed by atoms with van der Waals surface area (Å²) in [5, 5.41) is 3.80. The van der Waals surface area contributed by atoms with Gasteiger partial charge in [-0.25, -0.2) is 0 Å². The van der Waals surface area contributed by atoms with E-state index in [9.17, 15) is 0 Å². The van der Waals surface area contributed by atoms with Crippen molar-refractivity contribution < 1.29 is 0 Å². The molecule has 1 N–H and O–H groups in total. The molecule has 2 rings (SSSR count). The van der Waals surface area contributed by atoms with Gasteiger partial charge in [0.2, 0.25) is 0 Å². The molecule has 1 aliphatic rings. The highest BCUT2D eigenvalue weighted by Gasteiger charge is 2.18. The van der Waals surface area contributed by atoms with Crippen molar-refractivity contribution in [1.29, 1.82) is 0 Å².